The normalized spacial score (nSPS) is 19.7. The molecule has 4 aromatic rings. The minimum Gasteiger partial charge on any atom is -0.339 e. The molecule has 2 aromatic heterocycles. The molecule has 0 radical (unpaired) electrons. The van der Waals surface area contributed by atoms with Crippen LogP contribution >= 0.6 is 46.3 Å². The number of thiophene rings is 1. The lowest BCUT2D eigenvalue weighted by Crippen LogP contribution is -2.58. The standard InChI is InChI=1S/C26H18Cl2FN3O2S2/c27-17-4-1-2-5-21(17)36-24-20(33)13-26(32-25(24)34,15-10-11-35-14-15)22-6-3-7-23(31-22)30-19-9-8-16(29)12-18(19)28/h1-12,14,24H,13H2,(H,30,31)(H,32,34). The molecule has 0 spiro atoms. The van der Waals surface area contributed by atoms with E-state index in [2.05, 4.69) is 10.6 Å². The van der Waals surface area contributed by atoms with Gasteiger partial charge >= 0.3 is 0 Å². The van der Waals surface area contributed by atoms with Crippen molar-refractivity contribution >= 4 is 69.5 Å². The third-order valence-corrected chi connectivity index (χ3v) is 8.54. The molecule has 0 saturated carbocycles. The van der Waals surface area contributed by atoms with Gasteiger partial charge in [-0.3, -0.25) is 9.59 Å². The summed E-state index contributed by atoms with van der Waals surface area (Å²) in [5.41, 5.74) is 0.592. The first-order chi connectivity index (χ1) is 17.4. The molecule has 3 heterocycles. The Bertz CT molecular complexity index is 1430. The van der Waals surface area contributed by atoms with Crippen molar-refractivity contribution < 1.29 is 14.0 Å². The highest BCUT2D eigenvalue weighted by molar-refractivity contribution is 8.01. The molecule has 0 bridgehead atoms. The Morgan fingerprint density at radius 3 is 2.61 bits per heavy atom. The third-order valence-electron chi connectivity index (χ3n) is 5.78. The zero-order chi connectivity index (χ0) is 25.3. The first-order valence-electron chi connectivity index (χ1n) is 10.8. The first kappa shape index (κ1) is 24.8. The number of pyridine rings is 1. The molecule has 1 aliphatic rings. The number of amides is 1. The number of ketones is 1. The van der Waals surface area contributed by atoms with Crippen LogP contribution in [-0.4, -0.2) is 21.9 Å². The molecule has 36 heavy (non-hydrogen) atoms. The SMILES string of the molecule is O=C1CC(c2ccsc2)(c2cccc(Nc3ccc(F)cc3Cl)n2)NC(=O)C1Sc1ccccc1Cl. The maximum Gasteiger partial charge on any atom is 0.242 e. The lowest BCUT2D eigenvalue weighted by Gasteiger charge is -2.39. The van der Waals surface area contributed by atoms with Gasteiger partial charge in [-0.05, 0) is 64.9 Å². The fourth-order valence-corrected chi connectivity index (χ4v) is 6.25. The summed E-state index contributed by atoms with van der Waals surface area (Å²) in [5.74, 6) is -0.651. The third kappa shape index (κ3) is 4.86. The van der Waals surface area contributed by atoms with Crippen molar-refractivity contribution in [1.29, 1.82) is 0 Å². The molecule has 0 aliphatic carbocycles. The number of carbonyl (C=O) groups excluding carboxylic acids is 2. The summed E-state index contributed by atoms with van der Waals surface area (Å²) >= 11 is 15.0. The van der Waals surface area contributed by atoms with Gasteiger partial charge in [-0.1, -0.05) is 41.4 Å². The molecule has 2 aromatic carbocycles. The van der Waals surface area contributed by atoms with Gasteiger partial charge in [0.15, 0.2) is 5.78 Å². The number of rotatable bonds is 6. The van der Waals surface area contributed by atoms with Gasteiger partial charge in [0, 0.05) is 11.3 Å². The number of thioether (sulfide) groups is 1. The van der Waals surface area contributed by atoms with Gasteiger partial charge in [0.25, 0.3) is 0 Å². The van der Waals surface area contributed by atoms with E-state index in [1.807, 2.05) is 22.9 Å². The maximum atomic E-state index is 13.5. The molecule has 2 N–H and O–H groups in total. The number of piperidine rings is 1. The van der Waals surface area contributed by atoms with E-state index in [1.165, 1.54) is 29.5 Å². The first-order valence-corrected chi connectivity index (χ1v) is 13.4. The Morgan fingerprint density at radius 1 is 1.06 bits per heavy atom. The molecule has 2 atom stereocenters. The molecule has 1 fully saturated rings. The largest absolute Gasteiger partial charge is 0.339 e. The summed E-state index contributed by atoms with van der Waals surface area (Å²) in [6, 6.07) is 18.3. The zero-order valence-electron chi connectivity index (χ0n) is 18.5. The number of hydrogen-bond acceptors (Lipinski definition) is 6. The van der Waals surface area contributed by atoms with Gasteiger partial charge in [-0.25, -0.2) is 9.37 Å². The van der Waals surface area contributed by atoms with E-state index in [0.717, 1.165) is 17.3 Å². The van der Waals surface area contributed by atoms with Gasteiger partial charge < -0.3 is 10.6 Å². The summed E-state index contributed by atoms with van der Waals surface area (Å²) < 4.78 is 13.5. The predicted molar refractivity (Wildman–Crippen MR) is 143 cm³/mol. The smallest absolute Gasteiger partial charge is 0.242 e. The Labute approximate surface area is 225 Å². The number of nitrogens with one attached hydrogen (secondary N) is 2. The summed E-state index contributed by atoms with van der Waals surface area (Å²) in [7, 11) is 0. The van der Waals surface area contributed by atoms with Crippen molar-refractivity contribution in [2.75, 3.05) is 5.32 Å². The highest BCUT2D eigenvalue weighted by atomic mass is 35.5. The van der Waals surface area contributed by atoms with Crippen LogP contribution in [0.4, 0.5) is 15.9 Å². The summed E-state index contributed by atoms with van der Waals surface area (Å²) in [6.07, 6.45) is 0.0192. The summed E-state index contributed by atoms with van der Waals surface area (Å²) in [6.45, 7) is 0. The van der Waals surface area contributed by atoms with Crippen molar-refractivity contribution in [2.45, 2.75) is 22.1 Å². The molecule has 5 nitrogen and oxygen atoms in total. The number of benzene rings is 2. The quantitative estimate of drug-likeness (QED) is 0.254. The minimum absolute atomic E-state index is 0.0192. The number of anilines is 2. The Hall–Kier alpha value is -2.91. The molecule has 1 saturated heterocycles. The van der Waals surface area contributed by atoms with Crippen LogP contribution in [0.1, 0.15) is 17.7 Å². The number of hydrogen-bond donors (Lipinski definition) is 2. The van der Waals surface area contributed by atoms with Gasteiger partial charge in [-0.15, -0.1) is 11.8 Å². The molecular formula is C26H18Cl2FN3O2S2. The molecule has 10 heteroatoms. The van der Waals surface area contributed by atoms with Gasteiger partial charge in [0.2, 0.25) is 5.91 Å². The van der Waals surface area contributed by atoms with Gasteiger partial charge in [0.1, 0.15) is 22.4 Å². The van der Waals surface area contributed by atoms with Crippen LogP contribution in [-0.2, 0) is 15.1 Å². The average molecular weight is 558 g/mol. The van der Waals surface area contributed by atoms with E-state index in [4.69, 9.17) is 28.2 Å². The molecule has 1 aliphatic heterocycles. The number of halogens is 3. The van der Waals surface area contributed by atoms with Crippen molar-refractivity contribution in [3.05, 3.63) is 105 Å². The molecule has 5 rings (SSSR count). The Kier molecular flexibility index (Phi) is 7.03. The second kappa shape index (κ2) is 10.2. The van der Waals surface area contributed by atoms with E-state index < -0.39 is 22.5 Å². The van der Waals surface area contributed by atoms with Crippen LogP contribution in [0.15, 0.2) is 82.4 Å². The van der Waals surface area contributed by atoms with Crippen LogP contribution in [0.2, 0.25) is 10.0 Å². The number of Topliss-reactive ketones (excluding diaryl/α,β-unsaturated/α-hetero) is 1. The minimum atomic E-state index is -1.14. The average Bonchev–Trinajstić information content (AvgIpc) is 3.40. The van der Waals surface area contributed by atoms with Crippen LogP contribution in [0.3, 0.4) is 0 Å². The molecule has 1 amide bonds. The van der Waals surface area contributed by atoms with Crippen molar-refractivity contribution in [2.24, 2.45) is 0 Å². The van der Waals surface area contributed by atoms with Gasteiger partial charge in [0.05, 0.1) is 21.4 Å². The highest BCUT2D eigenvalue weighted by Gasteiger charge is 2.48. The van der Waals surface area contributed by atoms with E-state index in [-0.39, 0.29) is 17.2 Å². The molecule has 2 unspecified atom stereocenters. The Morgan fingerprint density at radius 2 is 1.89 bits per heavy atom. The second-order valence-corrected chi connectivity index (χ2v) is 10.9. The lowest BCUT2D eigenvalue weighted by atomic mass is 9.79. The fourth-order valence-electron chi connectivity index (χ4n) is 4.06. The van der Waals surface area contributed by atoms with Crippen LogP contribution in [0.5, 0.6) is 0 Å². The van der Waals surface area contributed by atoms with Crippen LogP contribution < -0.4 is 10.6 Å². The predicted octanol–water partition coefficient (Wildman–Crippen LogP) is 6.83. The monoisotopic (exact) mass is 557 g/mol. The van der Waals surface area contributed by atoms with E-state index in [9.17, 15) is 14.0 Å². The van der Waals surface area contributed by atoms with Crippen molar-refractivity contribution in [3.8, 4) is 0 Å². The van der Waals surface area contributed by atoms with Crippen molar-refractivity contribution in [1.82, 2.24) is 10.3 Å². The number of aromatic nitrogens is 1. The van der Waals surface area contributed by atoms with Crippen LogP contribution in [0.25, 0.3) is 0 Å². The zero-order valence-corrected chi connectivity index (χ0v) is 21.6. The maximum absolute atomic E-state index is 13.5. The number of nitrogens with zero attached hydrogens (tertiary/aromatic N) is 1. The van der Waals surface area contributed by atoms with Crippen molar-refractivity contribution in [3.63, 3.8) is 0 Å². The fraction of sp³-hybridized carbons (Fsp3) is 0.115. The summed E-state index contributed by atoms with van der Waals surface area (Å²) in [5, 5.41) is 9.72. The van der Waals surface area contributed by atoms with E-state index in [1.54, 1.807) is 36.4 Å². The summed E-state index contributed by atoms with van der Waals surface area (Å²) in [4.78, 5) is 32.2. The van der Waals surface area contributed by atoms with E-state index >= 15 is 0 Å². The van der Waals surface area contributed by atoms with E-state index in [0.29, 0.717) is 27.1 Å². The number of carbonyl (C=O) groups is 2. The van der Waals surface area contributed by atoms with Crippen LogP contribution in [0, 0.1) is 5.82 Å². The Balaban J connectivity index is 1.49. The molecule has 182 valence electrons. The highest BCUT2D eigenvalue weighted by Crippen LogP contribution is 2.41. The lowest BCUT2D eigenvalue weighted by molar-refractivity contribution is -0.133. The molecular weight excluding hydrogens is 540 g/mol. The topological polar surface area (TPSA) is 71.1 Å². The van der Waals surface area contributed by atoms with Gasteiger partial charge in [-0.2, -0.15) is 11.3 Å². The second-order valence-electron chi connectivity index (χ2n) is 8.14.